The van der Waals surface area contributed by atoms with Crippen molar-refractivity contribution in [2.45, 2.75) is 26.2 Å². The lowest BCUT2D eigenvalue weighted by Crippen LogP contribution is -1.98. The first-order chi connectivity index (χ1) is 7.65. The fourth-order valence-corrected chi connectivity index (χ4v) is 1.84. The molecule has 1 aromatic carbocycles. The van der Waals surface area contributed by atoms with Crippen molar-refractivity contribution in [2.24, 2.45) is 0 Å². The smallest absolute Gasteiger partial charge is 0.222 e. The van der Waals surface area contributed by atoms with Crippen molar-refractivity contribution in [3.63, 3.8) is 0 Å². The van der Waals surface area contributed by atoms with Gasteiger partial charge >= 0.3 is 0 Å². The maximum absolute atomic E-state index is 11.1. The van der Waals surface area contributed by atoms with Crippen LogP contribution in [0.5, 0.6) is 5.75 Å². The molecule has 0 amide bonds. The van der Waals surface area contributed by atoms with Gasteiger partial charge in [-0.05, 0) is 24.6 Å². The van der Waals surface area contributed by atoms with Gasteiger partial charge in [-0.15, -0.1) is 0 Å². The summed E-state index contributed by atoms with van der Waals surface area (Å²) in [5.74, 6) is 0.652. The van der Waals surface area contributed by atoms with Crippen LogP contribution in [-0.4, -0.2) is 10.4 Å². The molecule has 0 aliphatic rings. The van der Waals surface area contributed by atoms with Crippen molar-refractivity contribution in [1.29, 1.82) is 0 Å². The predicted octanol–water partition coefficient (Wildman–Crippen LogP) is 4.48. The Bertz CT molecular complexity index is 366. The first kappa shape index (κ1) is 13.8. The summed E-state index contributed by atoms with van der Waals surface area (Å²) >= 11 is 7.74. The Kier molecular flexibility index (Phi) is 6.13. The van der Waals surface area contributed by atoms with Gasteiger partial charge in [-0.25, -0.2) is 0 Å². The van der Waals surface area contributed by atoms with Crippen LogP contribution < -0.4 is 4.74 Å². The predicted molar refractivity (Wildman–Crippen MR) is 74.8 cm³/mol. The maximum Gasteiger partial charge on any atom is 0.222 e. The highest BCUT2D eigenvalue weighted by molar-refractivity contribution is 14.1. The average Bonchev–Trinajstić information content (AvgIpc) is 2.26. The fraction of sp³-hybridized carbons (Fsp3) is 0.417. The topological polar surface area (TPSA) is 26.3 Å². The molecular weight excluding hydrogens is 338 g/mol. The number of ether oxygens (including phenoxy) is 1. The van der Waals surface area contributed by atoms with Crippen LogP contribution in [0, 0.1) is 0 Å². The molecule has 0 aromatic heterocycles. The number of rotatable bonds is 6. The van der Waals surface area contributed by atoms with Crippen LogP contribution >= 0.6 is 34.2 Å². The van der Waals surface area contributed by atoms with Gasteiger partial charge in [0, 0.05) is 28.2 Å². The zero-order valence-electron chi connectivity index (χ0n) is 9.13. The molecule has 0 spiro atoms. The van der Waals surface area contributed by atoms with E-state index in [1.54, 1.807) is 40.8 Å². The molecule has 0 N–H and O–H groups in total. The van der Waals surface area contributed by atoms with Crippen molar-refractivity contribution < 1.29 is 9.53 Å². The summed E-state index contributed by atoms with van der Waals surface area (Å²) in [4.78, 5) is 11.1. The molecule has 16 heavy (non-hydrogen) atoms. The molecule has 0 unspecified atom stereocenters. The second kappa shape index (κ2) is 7.12. The normalized spacial score (nSPS) is 10.2. The van der Waals surface area contributed by atoms with Gasteiger partial charge in [0.2, 0.25) is 3.79 Å². The standard InChI is InChI=1S/C12H14ClIO2/c1-2-3-4-7-16-11-6-5-9(12(14)15)8-10(11)13/h5-6,8H,2-4,7H2,1H3. The third-order valence-corrected chi connectivity index (χ3v) is 3.08. The molecule has 0 radical (unpaired) electrons. The number of unbranched alkanes of at least 4 members (excludes halogenated alkanes) is 2. The third kappa shape index (κ3) is 4.29. The molecular formula is C12H14ClIO2. The minimum Gasteiger partial charge on any atom is -0.492 e. The fourth-order valence-electron chi connectivity index (χ4n) is 1.27. The van der Waals surface area contributed by atoms with Crippen LogP contribution in [0.15, 0.2) is 18.2 Å². The first-order valence-electron chi connectivity index (χ1n) is 5.27. The monoisotopic (exact) mass is 352 g/mol. The second-order valence-corrected chi connectivity index (χ2v) is 4.86. The van der Waals surface area contributed by atoms with E-state index in [0.717, 1.165) is 12.8 Å². The SMILES string of the molecule is CCCCCOc1ccc(C(=O)I)cc1Cl. The van der Waals surface area contributed by atoms with Crippen LogP contribution in [0.2, 0.25) is 5.02 Å². The summed E-state index contributed by atoms with van der Waals surface area (Å²) in [5, 5.41) is 0.499. The maximum atomic E-state index is 11.1. The summed E-state index contributed by atoms with van der Waals surface area (Å²) in [7, 11) is 0. The van der Waals surface area contributed by atoms with Gasteiger partial charge < -0.3 is 4.74 Å². The van der Waals surface area contributed by atoms with Crippen molar-refractivity contribution in [2.75, 3.05) is 6.61 Å². The number of halogens is 2. The molecule has 0 heterocycles. The molecule has 0 atom stereocenters. The van der Waals surface area contributed by atoms with E-state index >= 15 is 0 Å². The summed E-state index contributed by atoms with van der Waals surface area (Å²) < 4.78 is 5.51. The molecule has 1 aromatic rings. The molecule has 0 aliphatic carbocycles. The van der Waals surface area contributed by atoms with E-state index in [9.17, 15) is 4.79 Å². The Morgan fingerprint density at radius 1 is 1.44 bits per heavy atom. The zero-order valence-corrected chi connectivity index (χ0v) is 12.0. The van der Waals surface area contributed by atoms with E-state index in [1.165, 1.54) is 6.42 Å². The van der Waals surface area contributed by atoms with Crippen molar-refractivity contribution in [1.82, 2.24) is 0 Å². The molecule has 4 heteroatoms. The number of hydrogen-bond acceptors (Lipinski definition) is 2. The Balaban J connectivity index is 2.57. The van der Waals surface area contributed by atoms with Crippen LogP contribution in [0.4, 0.5) is 0 Å². The molecule has 0 bridgehead atoms. The Hall–Kier alpha value is -0.290. The van der Waals surface area contributed by atoms with E-state index in [2.05, 4.69) is 6.92 Å². The highest BCUT2D eigenvalue weighted by Gasteiger charge is 2.06. The number of carbonyl (C=O) groups is 1. The van der Waals surface area contributed by atoms with E-state index in [-0.39, 0.29) is 3.79 Å². The van der Waals surface area contributed by atoms with Gasteiger partial charge in [-0.2, -0.15) is 0 Å². The number of hydrogen-bond donors (Lipinski definition) is 0. The quantitative estimate of drug-likeness (QED) is 0.428. The molecule has 1 rings (SSSR count). The largest absolute Gasteiger partial charge is 0.492 e. The minimum absolute atomic E-state index is 0.0166. The molecule has 88 valence electrons. The van der Waals surface area contributed by atoms with Crippen LogP contribution in [0.3, 0.4) is 0 Å². The van der Waals surface area contributed by atoms with Gasteiger partial charge in [0.05, 0.1) is 11.6 Å². The van der Waals surface area contributed by atoms with Gasteiger partial charge in [-0.1, -0.05) is 31.4 Å². The van der Waals surface area contributed by atoms with Crippen molar-refractivity contribution >= 4 is 38.0 Å². The van der Waals surface area contributed by atoms with Crippen molar-refractivity contribution in [3.05, 3.63) is 28.8 Å². The minimum atomic E-state index is -0.0166. The molecule has 0 fully saturated rings. The van der Waals surface area contributed by atoms with Gasteiger partial charge in [-0.3, -0.25) is 4.79 Å². The molecule has 2 nitrogen and oxygen atoms in total. The van der Waals surface area contributed by atoms with E-state index in [0.29, 0.717) is 22.9 Å². The second-order valence-electron chi connectivity index (χ2n) is 3.47. The Labute approximate surface area is 114 Å². The summed E-state index contributed by atoms with van der Waals surface area (Å²) in [6.07, 6.45) is 3.35. The zero-order chi connectivity index (χ0) is 12.0. The highest BCUT2D eigenvalue weighted by atomic mass is 127. The number of benzene rings is 1. The third-order valence-electron chi connectivity index (χ3n) is 2.16. The van der Waals surface area contributed by atoms with E-state index in [4.69, 9.17) is 16.3 Å². The van der Waals surface area contributed by atoms with E-state index < -0.39 is 0 Å². The average molecular weight is 353 g/mol. The van der Waals surface area contributed by atoms with Gasteiger partial charge in [0.25, 0.3) is 0 Å². The lowest BCUT2D eigenvalue weighted by molar-refractivity contribution is 0.110. The Morgan fingerprint density at radius 3 is 2.75 bits per heavy atom. The summed E-state index contributed by atoms with van der Waals surface area (Å²) in [5.41, 5.74) is 0.603. The first-order valence-corrected chi connectivity index (χ1v) is 6.73. The molecule has 0 saturated heterocycles. The molecule has 0 aliphatic heterocycles. The van der Waals surface area contributed by atoms with Crippen LogP contribution in [0.25, 0.3) is 0 Å². The van der Waals surface area contributed by atoms with Gasteiger partial charge in [0.1, 0.15) is 5.75 Å². The van der Waals surface area contributed by atoms with Crippen LogP contribution in [-0.2, 0) is 0 Å². The van der Waals surface area contributed by atoms with Gasteiger partial charge in [0.15, 0.2) is 0 Å². The van der Waals surface area contributed by atoms with E-state index in [1.807, 2.05) is 0 Å². The summed E-state index contributed by atoms with van der Waals surface area (Å²) in [6, 6.07) is 5.13. The Morgan fingerprint density at radius 2 is 2.19 bits per heavy atom. The van der Waals surface area contributed by atoms with Crippen molar-refractivity contribution in [3.8, 4) is 5.75 Å². The number of carbonyl (C=O) groups excluding carboxylic acids is 1. The lowest BCUT2D eigenvalue weighted by Gasteiger charge is -2.08. The summed E-state index contributed by atoms with van der Waals surface area (Å²) in [6.45, 7) is 2.82. The van der Waals surface area contributed by atoms with Crippen LogP contribution in [0.1, 0.15) is 36.5 Å². The lowest BCUT2D eigenvalue weighted by atomic mass is 10.2. The highest BCUT2D eigenvalue weighted by Crippen LogP contribution is 2.26. The molecule has 0 saturated carbocycles.